The van der Waals surface area contributed by atoms with Gasteiger partial charge in [-0.25, -0.2) is 4.79 Å². The van der Waals surface area contributed by atoms with Crippen molar-refractivity contribution in [1.29, 1.82) is 0 Å². The van der Waals surface area contributed by atoms with Gasteiger partial charge in [0.2, 0.25) is 0 Å². The number of carboxylic acids is 1. The van der Waals surface area contributed by atoms with Gasteiger partial charge in [0.15, 0.2) is 0 Å². The minimum absolute atomic E-state index is 0.213. The molecule has 110 valence electrons. The van der Waals surface area contributed by atoms with Crippen molar-refractivity contribution in [2.24, 2.45) is 0 Å². The number of methoxy groups -OCH3 is 2. The molecule has 0 saturated carbocycles. The van der Waals surface area contributed by atoms with Crippen LogP contribution in [0.3, 0.4) is 0 Å². The summed E-state index contributed by atoms with van der Waals surface area (Å²) in [5.41, 5.74) is 0.412. The van der Waals surface area contributed by atoms with E-state index in [0.29, 0.717) is 14.9 Å². The monoisotopic (exact) mass is 393 g/mol. The Morgan fingerprint density at radius 1 is 1.40 bits per heavy atom. The van der Waals surface area contributed by atoms with Gasteiger partial charge < -0.3 is 19.9 Å². The van der Waals surface area contributed by atoms with E-state index >= 15 is 0 Å². The van der Waals surface area contributed by atoms with Crippen molar-refractivity contribution in [2.75, 3.05) is 20.8 Å². The van der Waals surface area contributed by atoms with E-state index < -0.39 is 17.9 Å². The summed E-state index contributed by atoms with van der Waals surface area (Å²) in [5.74, 6) is -0.875. The summed E-state index contributed by atoms with van der Waals surface area (Å²) in [4.78, 5) is 23.1. The van der Waals surface area contributed by atoms with Crippen LogP contribution in [0.2, 0.25) is 0 Å². The Kier molecular flexibility index (Phi) is 6.73. The summed E-state index contributed by atoms with van der Waals surface area (Å²) in [5, 5.41) is 11.5. The summed E-state index contributed by atoms with van der Waals surface area (Å²) in [6.07, 6.45) is 0.213. The number of rotatable bonds is 7. The van der Waals surface area contributed by atoms with E-state index in [4.69, 9.17) is 14.6 Å². The van der Waals surface area contributed by atoms with Gasteiger partial charge in [0, 0.05) is 23.7 Å². The van der Waals surface area contributed by atoms with Crippen molar-refractivity contribution >= 4 is 34.5 Å². The molecule has 6 nitrogen and oxygen atoms in total. The Balaban J connectivity index is 2.80. The van der Waals surface area contributed by atoms with Crippen LogP contribution in [-0.4, -0.2) is 43.9 Å². The van der Waals surface area contributed by atoms with Gasteiger partial charge in [0.25, 0.3) is 5.91 Å². The van der Waals surface area contributed by atoms with Gasteiger partial charge in [-0.3, -0.25) is 4.79 Å². The number of carbonyl (C=O) groups is 2. The second-order valence-electron chi connectivity index (χ2n) is 3.99. The standard InChI is InChI=1S/C13H16INO5/c1-19-6-5-11(13(17)18)15-12(16)9-4-3-8(20-2)7-10(9)14/h3-4,7,11H,5-6H2,1-2H3,(H,15,16)(H,17,18). The van der Waals surface area contributed by atoms with Crippen LogP contribution in [0.15, 0.2) is 18.2 Å². The fraction of sp³-hybridized carbons (Fsp3) is 0.385. The molecule has 0 spiro atoms. The maximum Gasteiger partial charge on any atom is 0.326 e. The SMILES string of the molecule is COCCC(NC(=O)c1ccc(OC)cc1I)C(=O)O. The van der Waals surface area contributed by atoms with Crippen molar-refractivity contribution in [3.63, 3.8) is 0 Å². The van der Waals surface area contributed by atoms with Crippen molar-refractivity contribution in [2.45, 2.75) is 12.5 Å². The van der Waals surface area contributed by atoms with Gasteiger partial charge in [-0.2, -0.15) is 0 Å². The first kappa shape index (κ1) is 16.7. The molecule has 0 radical (unpaired) electrons. The van der Waals surface area contributed by atoms with Crippen molar-refractivity contribution in [3.05, 3.63) is 27.3 Å². The first-order valence-electron chi connectivity index (χ1n) is 5.85. The molecule has 0 saturated heterocycles. The summed E-state index contributed by atoms with van der Waals surface area (Å²) in [6.45, 7) is 0.261. The molecule has 7 heteroatoms. The predicted octanol–water partition coefficient (Wildman–Crippen LogP) is 1.52. The minimum Gasteiger partial charge on any atom is -0.497 e. The quantitative estimate of drug-likeness (QED) is 0.687. The smallest absolute Gasteiger partial charge is 0.326 e. The molecule has 1 rings (SSSR count). The zero-order chi connectivity index (χ0) is 15.1. The molecule has 1 aromatic carbocycles. The number of carbonyl (C=O) groups excluding carboxylic acids is 1. The van der Waals surface area contributed by atoms with Gasteiger partial charge in [-0.1, -0.05) is 0 Å². The van der Waals surface area contributed by atoms with Gasteiger partial charge in [0.05, 0.1) is 12.7 Å². The summed E-state index contributed by atoms with van der Waals surface area (Å²) in [7, 11) is 3.02. The highest BCUT2D eigenvalue weighted by atomic mass is 127. The summed E-state index contributed by atoms with van der Waals surface area (Å²) >= 11 is 2.00. The van der Waals surface area contributed by atoms with Crippen LogP contribution in [0.1, 0.15) is 16.8 Å². The van der Waals surface area contributed by atoms with Crippen LogP contribution in [0.5, 0.6) is 5.75 Å². The van der Waals surface area contributed by atoms with Gasteiger partial charge in [-0.05, 0) is 40.8 Å². The topological polar surface area (TPSA) is 84.9 Å². The zero-order valence-electron chi connectivity index (χ0n) is 11.2. The average Bonchev–Trinajstić information content (AvgIpc) is 2.42. The van der Waals surface area contributed by atoms with E-state index in [2.05, 4.69) is 5.32 Å². The number of carboxylic acid groups (broad SMARTS) is 1. The van der Waals surface area contributed by atoms with Crippen LogP contribution in [0.4, 0.5) is 0 Å². The Labute approximate surface area is 130 Å². The van der Waals surface area contributed by atoms with Crippen molar-refractivity contribution in [3.8, 4) is 5.75 Å². The maximum atomic E-state index is 12.1. The maximum absolute atomic E-state index is 12.1. The fourth-order valence-electron chi connectivity index (χ4n) is 1.54. The number of hydrogen-bond acceptors (Lipinski definition) is 4. The van der Waals surface area contributed by atoms with Crippen molar-refractivity contribution < 1.29 is 24.2 Å². The number of benzene rings is 1. The van der Waals surface area contributed by atoms with Crippen LogP contribution < -0.4 is 10.1 Å². The molecule has 1 atom stereocenters. The molecular weight excluding hydrogens is 377 g/mol. The first-order chi connectivity index (χ1) is 9.49. The highest BCUT2D eigenvalue weighted by molar-refractivity contribution is 14.1. The van der Waals surface area contributed by atoms with Crippen LogP contribution in [-0.2, 0) is 9.53 Å². The van der Waals surface area contributed by atoms with Crippen LogP contribution in [0, 0.1) is 3.57 Å². The molecule has 0 aromatic heterocycles. The van der Waals surface area contributed by atoms with E-state index in [0.717, 1.165) is 0 Å². The minimum atomic E-state index is -1.08. The molecule has 0 heterocycles. The normalized spacial score (nSPS) is 11.8. The van der Waals surface area contributed by atoms with E-state index in [1.807, 2.05) is 22.6 Å². The molecule has 1 unspecified atom stereocenters. The number of aliphatic carboxylic acids is 1. The zero-order valence-corrected chi connectivity index (χ0v) is 13.3. The Morgan fingerprint density at radius 2 is 2.10 bits per heavy atom. The Morgan fingerprint density at radius 3 is 2.60 bits per heavy atom. The Hall–Kier alpha value is -1.35. The van der Waals surface area contributed by atoms with Gasteiger partial charge in [0.1, 0.15) is 11.8 Å². The molecule has 0 aliphatic carbocycles. The number of nitrogens with one attached hydrogen (secondary N) is 1. The molecule has 0 aliphatic heterocycles. The molecule has 1 aromatic rings. The van der Waals surface area contributed by atoms with E-state index in [-0.39, 0.29) is 13.0 Å². The molecule has 0 fully saturated rings. The number of hydrogen-bond donors (Lipinski definition) is 2. The molecule has 20 heavy (non-hydrogen) atoms. The van der Waals surface area contributed by atoms with E-state index in [1.54, 1.807) is 18.2 Å². The van der Waals surface area contributed by atoms with Crippen LogP contribution >= 0.6 is 22.6 Å². The van der Waals surface area contributed by atoms with E-state index in [9.17, 15) is 9.59 Å². The second-order valence-corrected chi connectivity index (χ2v) is 5.15. The largest absolute Gasteiger partial charge is 0.497 e. The van der Waals surface area contributed by atoms with Crippen LogP contribution in [0.25, 0.3) is 0 Å². The Bertz CT molecular complexity index is 492. The van der Waals surface area contributed by atoms with Gasteiger partial charge >= 0.3 is 5.97 Å². The lowest BCUT2D eigenvalue weighted by atomic mass is 10.1. The molecule has 2 N–H and O–H groups in total. The molecule has 0 bridgehead atoms. The van der Waals surface area contributed by atoms with Crippen molar-refractivity contribution in [1.82, 2.24) is 5.32 Å². The highest BCUT2D eigenvalue weighted by Crippen LogP contribution is 2.19. The fourth-order valence-corrected chi connectivity index (χ4v) is 2.27. The molecule has 0 aliphatic rings. The lowest BCUT2D eigenvalue weighted by Gasteiger charge is -2.15. The number of halogens is 1. The third-order valence-corrected chi connectivity index (χ3v) is 3.53. The third-order valence-electron chi connectivity index (χ3n) is 2.63. The lowest BCUT2D eigenvalue weighted by molar-refractivity contribution is -0.139. The number of ether oxygens (including phenoxy) is 2. The average molecular weight is 393 g/mol. The van der Waals surface area contributed by atoms with E-state index in [1.165, 1.54) is 14.2 Å². The molecular formula is C13H16INO5. The predicted molar refractivity (Wildman–Crippen MR) is 81.1 cm³/mol. The number of amides is 1. The lowest BCUT2D eigenvalue weighted by Crippen LogP contribution is -2.41. The summed E-state index contributed by atoms with van der Waals surface area (Å²) in [6, 6.07) is 3.99. The second kappa shape index (κ2) is 8.05. The highest BCUT2D eigenvalue weighted by Gasteiger charge is 2.21. The summed E-state index contributed by atoms with van der Waals surface area (Å²) < 4.78 is 10.6. The van der Waals surface area contributed by atoms with Gasteiger partial charge in [-0.15, -0.1) is 0 Å². The first-order valence-corrected chi connectivity index (χ1v) is 6.93. The molecule has 1 amide bonds. The third kappa shape index (κ3) is 4.64.